The number of ether oxygens (including phenoxy) is 4. The van der Waals surface area contributed by atoms with E-state index in [1.165, 1.54) is 16.9 Å². The van der Waals surface area contributed by atoms with Crippen LogP contribution in [0.2, 0.25) is 0 Å². The summed E-state index contributed by atoms with van der Waals surface area (Å²) in [6.07, 6.45) is 3.55. The highest BCUT2D eigenvalue weighted by Crippen LogP contribution is 2.44. The van der Waals surface area contributed by atoms with Crippen molar-refractivity contribution in [2.24, 2.45) is 4.99 Å². The van der Waals surface area contributed by atoms with Crippen LogP contribution in [-0.4, -0.2) is 25.6 Å². The Bertz CT molecular complexity index is 1870. The van der Waals surface area contributed by atoms with Crippen molar-refractivity contribution in [1.82, 2.24) is 4.57 Å². The molecule has 0 N–H and O–H groups in total. The minimum absolute atomic E-state index is 0.108. The second-order valence-corrected chi connectivity index (χ2v) is 11.3. The Morgan fingerprint density at radius 3 is 2.69 bits per heavy atom. The molecule has 7 rings (SSSR count). The zero-order valence-corrected chi connectivity index (χ0v) is 23.6. The molecule has 0 spiro atoms. The number of benzene rings is 3. The Kier molecular flexibility index (Phi) is 5.86. The number of aryl methyl sites for hydroxylation is 1. The third-order valence-corrected chi connectivity index (χ3v) is 9.05. The molecular formula is C30H23BrN2O5S. The maximum absolute atomic E-state index is 14.1. The predicted molar refractivity (Wildman–Crippen MR) is 153 cm³/mol. The van der Waals surface area contributed by atoms with E-state index in [2.05, 4.69) is 34.1 Å². The van der Waals surface area contributed by atoms with Gasteiger partial charge in [0, 0.05) is 15.6 Å². The van der Waals surface area contributed by atoms with Crippen LogP contribution in [0, 0.1) is 0 Å². The molecule has 3 heterocycles. The van der Waals surface area contributed by atoms with Crippen molar-refractivity contribution in [3.63, 3.8) is 0 Å². The van der Waals surface area contributed by atoms with E-state index in [1.807, 2.05) is 42.5 Å². The highest BCUT2D eigenvalue weighted by atomic mass is 79.9. The summed E-state index contributed by atoms with van der Waals surface area (Å²) in [6, 6.07) is 17.5. The van der Waals surface area contributed by atoms with E-state index in [9.17, 15) is 4.79 Å². The van der Waals surface area contributed by atoms with Crippen molar-refractivity contribution in [2.45, 2.75) is 18.9 Å². The summed E-state index contributed by atoms with van der Waals surface area (Å²) in [6.45, 7) is 0.183. The van der Waals surface area contributed by atoms with Crippen LogP contribution in [0.1, 0.15) is 34.7 Å². The SMILES string of the molecule is COc1ccc(OC)c([C@H]2C3=C(N=c4s/c(=C/c5cc6c(cc5Br)OCO6)c(=O)n42)c2ccccc2CC3)c1. The molecule has 0 saturated heterocycles. The number of fused-ring (bicyclic) bond motifs is 4. The second-order valence-electron chi connectivity index (χ2n) is 9.45. The molecular weight excluding hydrogens is 580 g/mol. The Labute approximate surface area is 236 Å². The zero-order chi connectivity index (χ0) is 26.7. The molecule has 1 aromatic heterocycles. The van der Waals surface area contributed by atoms with E-state index < -0.39 is 0 Å². The van der Waals surface area contributed by atoms with Gasteiger partial charge in [0.2, 0.25) is 6.79 Å². The molecule has 0 saturated carbocycles. The van der Waals surface area contributed by atoms with Crippen molar-refractivity contribution < 1.29 is 18.9 Å². The molecule has 0 radical (unpaired) electrons. The summed E-state index contributed by atoms with van der Waals surface area (Å²) in [4.78, 5) is 19.9. The molecule has 4 aromatic rings. The fraction of sp³-hybridized carbons (Fsp3) is 0.200. The maximum atomic E-state index is 14.1. The summed E-state index contributed by atoms with van der Waals surface area (Å²) in [5, 5.41) is 0. The van der Waals surface area contributed by atoms with Crippen LogP contribution >= 0.6 is 27.3 Å². The molecule has 0 bridgehead atoms. The van der Waals surface area contributed by atoms with E-state index in [4.69, 9.17) is 23.9 Å². The molecule has 196 valence electrons. The van der Waals surface area contributed by atoms with Gasteiger partial charge in [0.15, 0.2) is 16.3 Å². The van der Waals surface area contributed by atoms with Gasteiger partial charge in [-0.2, -0.15) is 0 Å². The molecule has 0 fully saturated rings. The topological polar surface area (TPSA) is 71.3 Å². The van der Waals surface area contributed by atoms with Gasteiger partial charge in [-0.1, -0.05) is 51.5 Å². The minimum atomic E-state index is -0.378. The lowest BCUT2D eigenvalue weighted by molar-refractivity contribution is 0.174. The van der Waals surface area contributed by atoms with Crippen molar-refractivity contribution >= 4 is 39.0 Å². The number of hydrogen-bond donors (Lipinski definition) is 0. The van der Waals surface area contributed by atoms with Crippen LogP contribution in [-0.2, 0) is 6.42 Å². The van der Waals surface area contributed by atoms with Gasteiger partial charge in [-0.15, -0.1) is 0 Å². The van der Waals surface area contributed by atoms with E-state index in [0.717, 1.165) is 45.3 Å². The highest BCUT2D eigenvalue weighted by molar-refractivity contribution is 9.10. The lowest BCUT2D eigenvalue weighted by Gasteiger charge is -2.31. The summed E-state index contributed by atoms with van der Waals surface area (Å²) in [5.41, 5.74) is 6.00. The fourth-order valence-electron chi connectivity index (χ4n) is 5.54. The first-order valence-electron chi connectivity index (χ1n) is 12.5. The molecule has 7 nitrogen and oxygen atoms in total. The molecule has 3 aromatic carbocycles. The van der Waals surface area contributed by atoms with E-state index in [-0.39, 0.29) is 18.4 Å². The third kappa shape index (κ3) is 3.91. The maximum Gasteiger partial charge on any atom is 0.271 e. The molecule has 1 atom stereocenters. The Morgan fingerprint density at radius 2 is 1.87 bits per heavy atom. The highest BCUT2D eigenvalue weighted by Gasteiger charge is 2.34. The molecule has 1 aliphatic carbocycles. The van der Waals surface area contributed by atoms with Crippen LogP contribution in [0.4, 0.5) is 0 Å². The minimum Gasteiger partial charge on any atom is -0.497 e. The van der Waals surface area contributed by atoms with Gasteiger partial charge in [-0.25, -0.2) is 4.99 Å². The van der Waals surface area contributed by atoms with Crippen LogP contribution in [0.5, 0.6) is 23.0 Å². The number of methoxy groups -OCH3 is 2. The summed E-state index contributed by atoms with van der Waals surface area (Å²) >= 11 is 5.00. The number of rotatable bonds is 4. The summed E-state index contributed by atoms with van der Waals surface area (Å²) in [7, 11) is 3.29. The van der Waals surface area contributed by atoms with Crippen LogP contribution in [0.15, 0.2) is 74.4 Å². The average molecular weight is 603 g/mol. The number of halogens is 1. The van der Waals surface area contributed by atoms with Crippen LogP contribution < -0.4 is 33.8 Å². The zero-order valence-electron chi connectivity index (χ0n) is 21.2. The normalized spacial score (nSPS) is 17.3. The third-order valence-electron chi connectivity index (χ3n) is 7.38. The molecule has 2 aliphatic heterocycles. The largest absolute Gasteiger partial charge is 0.497 e. The van der Waals surface area contributed by atoms with Gasteiger partial charge in [0.05, 0.1) is 30.5 Å². The average Bonchev–Trinajstić information content (AvgIpc) is 3.54. The fourth-order valence-corrected chi connectivity index (χ4v) is 6.97. The standard InChI is InChI=1S/C30H23BrN2O5S/c1-35-18-8-10-23(36-2)21(13-18)28-20-9-7-16-5-3-4-6-19(16)27(20)32-30-33(28)29(34)26(39-30)12-17-11-24-25(14-22(17)31)38-15-37-24/h3-6,8,10-14,28H,7,9,15H2,1-2H3/b26-12+/t28-/m1/s1. The quantitative estimate of drug-likeness (QED) is 0.335. The first-order valence-corrected chi connectivity index (χ1v) is 14.1. The van der Waals surface area contributed by atoms with Gasteiger partial charge in [0.1, 0.15) is 11.5 Å². The first kappa shape index (κ1) is 24.2. The van der Waals surface area contributed by atoms with Crippen molar-refractivity contribution in [3.05, 3.63) is 107 Å². The molecule has 0 unspecified atom stereocenters. The van der Waals surface area contributed by atoms with Gasteiger partial charge in [-0.3, -0.25) is 9.36 Å². The van der Waals surface area contributed by atoms with Gasteiger partial charge in [-0.05, 0) is 65.9 Å². The Hall–Kier alpha value is -3.82. The molecule has 9 heteroatoms. The summed E-state index contributed by atoms with van der Waals surface area (Å²) < 4.78 is 25.6. The lowest BCUT2D eigenvalue weighted by Crippen LogP contribution is -2.39. The molecule has 39 heavy (non-hydrogen) atoms. The van der Waals surface area contributed by atoms with Crippen LogP contribution in [0.3, 0.4) is 0 Å². The van der Waals surface area contributed by atoms with Gasteiger partial charge >= 0.3 is 0 Å². The van der Waals surface area contributed by atoms with Crippen molar-refractivity contribution in [3.8, 4) is 23.0 Å². The first-order chi connectivity index (χ1) is 19.1. The number of nitrogens with zero attached hydrogens (tertiary/aromatic N) is 2. The van der Waals surface area contributed by atoms with Crippen molar-refractivity contribution in [1.29, 1.82) is 0 Å². The van der Waals surface area contributed by atoms with E-state index in [1.54, 1.807) is 18.8 Å². The predicted octanol–water partition coefficient (Wildman–Crippen LogP) is 4.83. The van der Waals surface area contributed by atoms with E-state index in [0.29, 0.717) is 32.3 Å². The monoisotopic (exact) mass is 602 g/mol. The number of hydrogen-bond acceptors (Lipinski definition) is 7. The van der Waals surface area contributed by atoms with Crippen molar-refractivity contribution in [2.75, 3.05) is 21.0 Å². The summed E-state index contributed by atoms with van der Waals surface area (Å²) in [5.74, 6) is 2.73. The van der Waals surface area contributed by atoms with Gasteiger partial charge in [0.25, 0.3) is 5.56 Å². The number of thiazole rings is 1. The second kappa shape index (κ2) is 9.43. The molecule has 0 amide bonds. The van der Waals surface area contributed by atoms with Gasteiger partial charge < -0.3 is 18.9 Å². The number of aromatic nitrogens is 1. The molecule has 3 aliphatic rings. The van der Waals surface area contributed by atoms with Crippen LogP contribution in [0.25, 0.3) is 11.8 Å². The Morgan fingerprint density at radius 1 is 1.05 bits per heavy atom. The lowest BCUT2D eigenvalue weighted by atomic mass is 9.83. The number of allylic oxidation sites excluding steroid dienone is 1. The smallest absolute Gasteiger partial charge is 0.271 e. The Balaban J connectivity index is 1.50. The van der Waals surface area contributed by atoms with E-state index >= 15 is 0 Å².